The number of benzene rings is 1. The van der Waals surface area contributed by atoms with Gasteiger partial charge in [-0.1, -0.05) is 35.3 Å². The first-order valence-electron chi connectivity index (χ1n) is 5.33. The third-order valence-corrected chi connectivity index (χ3v) is 4.08. The van der Waals surface area contributed by atoms with Crippen molar-refractivity contribution in [3.05, 3.63) is 57.8 Å². The van der Waals surface area contributed by atoms with E-state index in [1.54, 1.807) is 36.5 Å². The fourth-order valence-electron chi connectivity index (χ4n) is 1.47. The van der Waals surface area contributed by atoms with Gasteiger partial charge in [-0.15, -0.1) is 11.8 Å². The van der Waals surface area contributed by atoms with Gasteiger partial charge in [-0.05, 0) is 23.8 Å². The molecule has 0 unspecified atom stereocenters. The first-order valence-corrected chi connectivity index (χ1v) is 7.07. The summed E-state index contributed by atoms with van der Waals surface area (Å²) in [5.74, 6) is -0.406. The first-order chi connectivity index (χ1) is 9.08. The number of halogens is 2. The van der Waals surface area contributed by atoms with Crippen molar-refractivity contribution in [1.82, 2.24) is 4.98 Å². The summed E-state index contributed by atoms with van der Waals surface area (Å²) in [6, 6.07) is 8.42. The molecule has 0 fully saturated rings. The van der Waals surface area contributed by atoms with Crippen LogP contribution in [0.3, 0.4) is 0 Å². The van der Waals surface area contributed by atoms with Crippen molar-refractivity contribution in [3.63, 3.8) is 0 Å². The van der Waals surface area contributed by atoms with Crippen molar-refractivity contribution < 1.29 is 9.90 Å². The Morgan fingerprint density at radius 3 is 2.74 bits per heavy atom. The second-order valence-corrected chi connectivity index (χ2v) is 5.50. The Bertz CT molecular complexity index is 619. The van der Waals surface area contributed by atoms with Crippen LogP contribution < -0.4 is 0 Å². The number of carbonyl (C=O) groups is 1. The van der Waals surface area contributed by atoms with E-state index in [0.29, 0.717) is 20.8 Å². The number of hydrogen-bond acceptors (Lipinski definition) is 3. The highest BCUT2D eigenvalue weighted by Crippen LogP contribution is 2.29. The van der Waals surface area contributed by atoms with Crippen molar-refractivity contribution in [1.29, 1.82) is 0 Å². The summed E-state index contributed by atoms with van der Waals surface area (Å²) in [6.07, 6.45) is 1.60. The summed E-state index contributed by atoms with van der Waals surface area (Å²) in [6.45, 7) is 0. The lowest BCUT2D eigenvalue weighted by Crippen LogP contribution is -1.98. The summed E-state index contributed by atoms with van der Waals surface area (Å²) in [5, 5.41) is 9.95. The number of aromatic carboxylic acids is 1. The average Bonchev–Trinajstić information content (AvgIpc) is 2.38. The highest BCUT2D eigenvalue weighted by atomic mass is 35.5. The predicted molar refractivity (Wildman–Crippen MR) is 77.2 cm³/mol. The largest absolute Gasteiger partial charge is 0.478 e. The second kappa shape index (κ2) is 6.28. The van der Waals surface area contributed by atoms with Gasteiger partial charge < -0.3 is 5.11 Å². The summed E-state index contributed by atoms with van der Waals surface area (Å²) in [7, 11) is 0. The Labute approximate surface area is 124 Å². The van der Waals surface area contributed by atoms with E-state index in [-0.39, 0.29) is 5.56 Å². The van der Waals surface area contributed by atoms with Crippen molar-refractivity contribution in [2.75, 3.05) is 0 Å². The SMILES string of the molecule is O=C(O)c1ccccc1SCc1cnc(Cl)cc1Cl. The van der Waals surface area contributed by atoms with Gasteiger partial charge in [0.05, 0.1) is 5.56 Å². The number of thioether (sulfide) groups is 1. The third kappa shape index (κ3) is 3.62. The van der Waals surface area contributed by atoms with Crippen molar-refractivity contribution in [2.45, 2.75) is 10.6 Å². The maximum absolute atomic E-state index is 11.1. The van der Waals surface area contributed by atoms with Gasteiger partial charge in [0, 0.05) is 21.9 Å². The number of nitrogens with zero attached hydrogens (tertiary/aromatic N) is 1. The van der Waals surface area contributed by atoms with Crippen LogP contribution in [-0.4, -0.2) is 16.1 Å². The Hall–Kier alpha value is -1.23. The van der Waals surface area contributed by atoms with Gasteiger partial charge in [-0.25, -0.2) is 9.78 Å². The molecule has 1 aromatic heterocycles. The fourth-order valence-corrected chi connectivity index (χ4v) is 3.01. The number of carboxylic acid groups (broad SMARTS) is 1. The van der Waals surface area contributed by atoms with E-state index >= 15 is 0 Å². The monoisotopic (exact) mass is 313 g/mol. The normalized spacial score (nSPS) is 10.4. The van der Waals surface area contributed by atoms with Crippen LogP contribution in [0.4, 0.5) is 0 Å². The van der Waals surface area contributed by atoms with E-state index in [4.69, 9.17) is 28.3 Å². The zero-order chi connectivity index (χ0) is 13.8. The molecule has 0 aliphatic carbocycles. The number of hydrogen-bond donors (Lipinski definition) is 1. The van der Waals surface area contributed by atoms with E-state index in [9.17, 15) is 4.79 Å². The quantitative estimate of drug-likeness (QED) is 0.672. The minimum Gasteiger partial charge on any atom is -0.478 e. The lowest BCUT2D eigenvalue weighted by Gasteiger charge is -2.06. The smallest absolute Gasteiger partial charge is 0.336 e. The van der Waals surface area contributed by atoms with Gasteiger partial charge in [-0.2, -0.15) is 0 Å². The Kier molecular flexibility index (Phi) is 4.69. The molecule has 0 radical (unpaired) electrons. The first kappa shape index (κ1) is 14.2. The van der Waals surface area contributed by atoms with Crippen LogP contribution in [0.25, 0.3) is 0 Å². The van der Waals surface area contributed by atoms with Crippen LogP contribution >= 0.6 is 35.0 Å². The maximum Gasteiger partial charge on any atom is 0.336 e. The van der Waals surface area contributed by atoms with E-state index in [1.165, 1.54) is 11.8 Å². The molecule has 0 bridgehead atoms. The topological polar surface area (TPSA) is 50.2 Å². The van der Waals surface area contributed by atoms with Crippen LogP contribution in [0.5, 0.6) is 0 Å². The molecule has 1 aromatic carbocycles. The number of carboxylic acids is 1. The van der Waals surface area contributed by atoms with E-state index < -0.39 is 5.97 Å². The molecule has 3 nitrogen and oxygen atoms in total. The van der Waals surface area contributed by atoms with Gasteiger partial charge in [0.25, 0.3) is 0 Å². The minimum atomic E-state index is -0.941. The zero-order valence-corrected chi connectivity index (χ0v) is 12.0. The molecule has 0 amide bonds. The van der Waals surface area contributed by atoms with E-state index in [0.717, 1.165) is 5.56 Å². The number of rotatable bonds is 4. The molecule has 2 aromatic rings. The molecule has 0 spiro atoms. The molecule has 0 saturated carbocycles. The van der Waals surface area contributed by atoms with Crippen molar-refractivity contribution in [2.24, 2.45) is 0 Å². The van der Waals surface area contributed by atoms with Gasteiger partial charge >= 0.3 is 5.97 Å². The van der Waals surface area contributed by atoms with Crippen molar-refractivity contribution >= 4 is 40.9 Å². The third-order valence-electron chi connectivity index (χ3n) is 2.40. The maximum atomic E-state index is 11.1. The molecule has 0 atom stereocenters. The molecule has 1 heterocycles. The molecule has 1 N–H and O–H groups in total. The van der Waals surface area contributed by atoms with Crippen molar-refractivity contribution in [3.8, 4) is 0 Å². The van der Waals surface area contributed by atoms with Crippen LogP contribution in [0.15, 0.2) is 41.4 Å². The molecule has 19 heavy (non-hydrogen) atoms. The van der Waals surface area contributed by atoms with Gasteiger partial charge in [0.1, 0.15) is 5.15 Å². The lowest BCUT2D eigenvalue weighted by atomic mass is 10.2. The van der Waals surface area contributed by atoms with E-state index in [1.807, 2.05) is 0 Å². The highest BCUT2D eigenvalue weighted by Gasteiger charge is 2.10. The minimum absolute atomic E-state index is 0.283. The molecule has 0 saturated heterocycles. The molecular formula is C13H9Cl2NO2S. The lowest BCUT2D eigenvalue weighted by molar-refractivity contribution is 0.0693. The Morgan fingerprint density at radius 1 is 1.32 bits per heavy atom. The van der Waals surface area contributed by atoms with Crippen LogP contribution in [0, 0.1) is 0 Å². The summed E-state index contributed by atoms with van der Waals surface area (Å²) < 4.78 is 0. The number of aromatic nitrogens is 1. The van der Waals surface area contributed by atoms with E-state index in [2.05, 4.69) is 4.98 Å². The Balaban J connectivity index is 2.17. The van der Waals surface area contributed by atoms with Gasteiger partial charge in [-0.3, -0.25) is 0 Å². The molecule has 0 aliphatic heterocycles. The average molecular weight is 314 g/mol. The zero-order valence-electron chi connectivity index (χ0n) is 9.64. The highest BCUT2D eigenvalue weighted by molar-refractivity contribution is 7.98. The Morgan fingerprint density at radius 2 is 2.05 bits per heavy atom. The number of pyridine rings is 1. The summed E-state index contributed by atoms with van der Waals surface area (Å²) in [4.78, 5) is 15.7. The molecular weight excluding hydrogens is 305 g/mol. The molecule has 6 heteroatoms. The van der Waals surface area contributed by atoms with Crippen LogP contribution in [0.2, 0.25) is 10.2 Å². The summed E-state index contributed by atoms with van der Waals surface area (Å²) >= 11 is 13.2. The van der Waals surface area contributed by atoms with Crippen LogP contribution in [-0.2, 0) is 5.75 Å². The second-order valence-electron chi connectivity index (χ2n) is 3.69. The molecule has 2 rings (SSSR count). The van der Waals surface area contributed by atoms with Gasteiger partial charge in [0.15, 0.2) is 0 Å². The molecule has 98 valence electrons. The predicted octanol–water partition coefficient (Wildman–Crippen LogP) is 4.38. The van der Waals surface area contributed by atoms with Crippen LogP contribution in [0.1, 0.15) is 15.9 Å². The van der Waals surface area contributed by atoms with Gasteiger partial charge in [0.2, 0.25) is 0 Å². The fraction of sp³-hybridized carbons (Fsp3) is 0.0769. The summed E-state index contributed by atoms with van der Waals surface area (Å²) in [5.41, 5.74) is 1.10. The molecule has 0 aliphatic rings. The standard InChI is InChI=1S/C13H9Cl2NO2S/c14-10-5-12(15)16-6-8(10)7-19-11-4-2-1-3-9(11)13(17)18/h1-6H,7H2,(H,17,18).